The van der Waals surface area contributed by atoms with Gasteiger partial charge in [-0.2, -0.15) is 0 Å². The highest BCUT2D eigenvalue weighted by molar-refractivity contribution is 7.23. The van der Waals surface area contributed by atoms with Crippen molar-refractivity contribution in [2.24, 2.45) is 5.92 Å². The van der Waals surface area contributed by atoms with Gasteiger partial charge in [0.05, 0.1) is 30.7 Å². The van der Waals surface area contributed by atoms with Gasteiger partial charge in [0, 0.05) is 19.0 Å². The second kappa shape index (κ2) is 10.1. The van der Waals surface area contributed by atoms with Crippen LogP contribution in [0.4, 0.5) is 10.8 Å². The lowest BCUT2D eigenvalue weighted by molar-refractivity contribution is -0.120. The van der Waals surface area contributed by atoms with Crippen molar-refractivity contribution in [1.29, 1.82) is 0 Å². The summed E-state index contributed by atoms with van der Waals surface area (Å²) in [7, 11) is 1.65. The molecule has 2 heterocycles. The largest absolute Gasteiger partial charge is 0.494 e. The van der Waals surface area contributed by atoms with Crippen molar-refractivity contribution in [2.75, 3.05) is 43.6 Å². The Balaban J connectivity index is 1.82. The molecular weight excluding hydrogens is 374 g/mol. The van der Waals surface area contributed by atoms with Crippen molar-refractivity contribution in [3.05, 3.63) is 12.1 Å². The predicted octanol–water partition coefficient (Wildman–Crippen LogP) is 4.69. The van der Waals surface area contributed by atoms with Crippen molar-refractivity contribution < 1.29 is 14.3 Å². The van der Waals surface area contributed by atoms with E-state index in [-0.39, 0.29) is 11.8 Å². The highest BCUT2D eigenvalue weighted by atomic mass is 32.1. The minimum Gasteiger partial charge on any atom is -0.494 e. The maximum absolute atomic E-state index is 12.8. The van der Waals surface area contributed by atoms with Crippen LogP contribution in [0.5, 0.6) is 5.75 Å². The number of methoxy groups -OCH3 is 1. The minimum absolute atomic E-state index is 0.0409. The number of ether oxygens (including phenoxy) is 2. The molecule has 7 heteroatoms. The first kappa shape index (κ1) is 20.9. The molecule has 2 aromatic rings. The summed E-state index contributed by atoms with van der Waals surface area (Å²) >= 11 is 1.53. The third kappa shape index (κ3) is 4.75. The van der Waals surface area contributed by atoms with E-state index in [0.717, 1.165) is 67.2 Å². The van der Waals surface area contributed by atoms with Gasteiger partial charge in [0.2, 0.25) is 5.91 Å². The summed E-state index contributed by atoms with van der Waals surface area (Å²) in [6.07, 6.45) is 5.22. The number of nitrogens with one attached hydrogen (secondary N) is 1. The van der Waals surface area contributed by atoms with Gasteiger partial charge >= 0.3 is 0 Å². The minimum atomic E-state index is 0.0409. The Bertz CT molecular complexity index is 787. The second-order valence-corrected chi connectivity index (χ2v) is 8.17. The van der Waals surface area contributed by atoms with E-state index in [0.29, 0.717) is 5.13 Å². The van der Waals surface area contributed by atoms with E-state index < -0.39 is 0 Å². The van der Waals surface area contributed by atoms with Crippen molar-refractivity contribution in [3.8, 4) is 5.75 Å². The number of rotatable bonds is 9. The predicted molar refractivity (Wildman–Crippen MR) is 116 cm³/mol. The van der Waals surface area contributed by atoms with Gasteiger partial charge in [-0.15, -0.1) is 0 Å². The summed E-state index contributed by atoms with van der Waals surface area (Å²) in [4.78, 5) is 19.8. The second-order valence-electron chi connectivity index (χ2n) is 7.17. The van der Waals surface area contributed by atoms with Crippen molar-refractivity contribution in [1.82, 2.24) is 4.98 Å². The SMILES string of the molecule is CCCCCC(CC)C(=O)Nc1nc2c(OC)ccc(N3CCOCC3)c2s1. The number of hydrogen-bond acceptors (Lipinski definition) is 6. The molecule has 1 unspecified atom stereocenters. The van der Waals surface area contributed by atoms with Gasteiger partial charge in [-0.05, 0) is 25.0 Å². The summed E-state index contributed by atoms with van der Waals surface area (Å²) in [5, 5.41) is 3.71. The first-order valence-electron chi connectivity index (χ1n) is 10.3. The molecule has 6 nitrogen and oxygen atoms in total. The Morgan fingerprint density at radius 1 is 1.32 bits per heavy atom. The maximum atomic E-state index is 12.8. The molecular formula is C21H31N3O3S. The monoisotopic (exact) mass is 405 g/mol. The van der Waals surface area contributed by atoms with Gasteiger partial charge in [0.1, 0.15) is 11.3 Å². The van der Waals surface area contributed by atoms with Crippen LogP contribution in [0.3, 0.4) is 0 Å². The lowest BCUT2D eigenvalue weighted by Crippen LogP contribution is -2.36. The Kier molecular flexibility index (Phi) is 7.50. The number of aromatic nitrogens is 1. The van der Waals surface area contributed by atoms with E-state index in [9.17, 15) is 4.79 Å². The molecule has 1 saturated heterocycles. The molecule has 0 aliphatic carbocycles. The van der Waals surface area contributed by atoms with E-state index in [1.165, 1.54) is 24.2 Å². The van der Waals surface area contributed by atoms with Crippen molar-refractivity contribution in [2.45, 2.75) is 46.0 Å². The summed E-state index contributed by atoms with van der Waals surface area (Å²) in [5.74, 6) is 0.850. The van der Waals surface area contributed by atoms with E-state index in [4.69, 9.17) is 14.5 Å². The van der Waals surface area contributed by atoms with Crippen molar-refractivity contribution in [3.63, 3.8) is 0 Å². The molecule has 0 spiro atoms. The van der Waals surface area contributed by atoms with Crippen LogP contribution in [0.1, 0.15) is 46.0 Å². The molecule has 0 radical (unpaired) electrons. The molecule has 154 valence electrons. The smallest absolute Gasteiger partial charge is 0.229 e. The zero-order chi connectivity index (χ0) is 19.9. The first-order chi connectivity index (χ1) is 13.7. The van der Waals surface area contributed by atoms with Gasteiger partial charge in [0.25, 0.3) is 0 Å². The summed E-state index contributed by atoms with van der Waals surface area (Å²) in [6, 6.07) is 4.04. The molecule has 1 fully saturated rings. The number of hydrogen-bond donors (Lipinski definition) is 1. The average Bonchev–Trinajstić information content (AvgIpc) is 3.14. The van der Waals surface area contributed by atoms with Gasteiger partial charge in [-0.1, -0.05) is 44.4 Å². The summed E-state index contributed by atoms with van der Waals surface area (Å²) in [5.41, 5.74) is 1.94. The number of fused-ring (bicyclic) bond motifs is 1. The van der Waals surface area contributed by atoms with Crippen molar-refractivity contribution >= 4 is 38.3 Å². The van der Waals surface area contributed by atoms with E-state index in [1.54, 1.807) is 7.11 Å². The van der Waals surface area contributed by atoms with Gasteiger partial charge in [0.15, 0.2) is 5.13 Å². The number of morpholine rings is 1. The van der Waals surface area contributed by atoms with Crippen LogP contribution in [-0.2, 0) is 9.53 Å². The number of benzene rings is 1. The molecule has 1 N–H and O–H groups in total. The fraction of sp³-hybridized carbons (Fsp3) is 0.619. The fourth-order valence-electron chi connectivity index (χ4n) is 3.61. The maximum Gasteiger partial charge on any atom is 0.229 e. The number of amides is 1. The number of carbonyl (C=O) groups is 1. The third-order valence-corrected chi connectivity index (χ3v) is 6.30. The summed E-state index contributed by atoms with van der Waals surface area (Å²) in [6.45, 7) is 7.43. The highest BCUT2D eigenvalue weighted by Gasteiger charge is 2.21. The van der Waals surface area contributed by atoms with Crippen LogP contribution in [0.2, 0.25) is 0 Å². The van der Waals surface area contributed by atoms with Crippen LogP contribution in [0.15, 0.2) is 12.1 Å². The molecule has 3 rings (SSSR count). The van der Waals surface area contributed by atoms with Crippen LogP contribution in [-0.4, -0.2) is 44.3 Å². The number of unbranched alkanes of at least 4 members (excludes halogenated alkanes) is 2. The van der Waals surface area contributed by atoms with Crippen LogP contribution in [0, 0.1) is 5.92 Å². The lowest BCUT2D eigenvalue weighted by Gasteiger charge is -2.29. The number of thiazole rings is 1. The lowest BCUT2D eigenvalue weighted by atomic mass is 9.98. The van der Waals surface area contributed by atoms with Crippen LogP contribution >= 0.6 is 11.3 Å². The van der Waals surface area contributed by atoms with Gasteiger partial charge in [-0.25, -0.2) is 4.98 Å². The first-order valence-corrected chi connectivity index (χ1v) is 11.1. The van der Waals surface area contributed by atoms with Crippen LogP contribution in [0.25, 0.3) is 10.2 Å². The zero-order valence-electron chi connectivity index (χ0n) is 17.1. The number of anilines is 2. The molecule has 0 bridgehead atoms. The highest BCUT2D eigenvalue weighted by Crippen LogP contribution is 2.39. The molecule has 1 aliphatic heterocycles. The van der Waals surface area contributed by atoms with E-state index in [2.05, 4.69) is 30.1 Å². The molecule has 1 amide bonds. The Morgan fingerprint density at radius 2 is 2.11 bits per heavy atom. The topological polar surface area (TPSA) is 63.7 Å². The Labute approximate surface area is 171 Å². The zero-order valence-corrected chi connectivity index (χ0v) is 17.9. The fourth-order valence-corrected chi connectivity index (χ4v) is 4.64. The molecule has 1 aromatic heterocycles. The molecule has 1 atom stereocenters. The van der Waals surface area contributed by atoms with Gasteiger partial charge < -0.3 is 19.7 Å². The van der Waals surface area contributed by atoms with E-state index >= 15 is 0 Å². The molecule has 1 aliphatic rings. The van der Waals surface area contributed by atoms with Gasteiger partial charge in [-0.3, -0.25) is 4.79 Å². The quantitative estimate of drug-likeness (QED) is 0.613. The molecule has 1 aromatic carbocycles. The third-order valence-electron chi connectivity index (χ3n) is 5.31. The van der Waals surface area contributed by atoms with E-state index in [1.807, 2.05) is 6.07 Å². The normalized spacial score (nSPS) is 15.6. The standard InChI is InChI=1S/C21H31N3O3S/c1-4-6-7-8-15(5-2)20(25)23-21-22-18-17(26-3)10-9-16(19(18)28-21)24-11-13-27-14-12-24/h9-10,15H,4-8,11-14H2,1-3H3,(H,22,23,25). The summed E-state index contributed by atoms with van der Waals surface area (Å²) < 4.78 is 12.0. The average molecular weight is 406 g/mol. The Hall–Kier alpha value is -1.86. The Morgan fingerprint density at radius 3 is 2.79 bits per heavy atom. The molecule has 0 saturated carbocycles. The number of nitrogens with zero attached hydrogens (tertiary/aromatic N) is 2. The van der Waals surface area contributed by atoms with Crippen LogP contribution < -0.4 is 15.0 Å². The number of carbonyl (C=O) groups excluding carboxylic acids is 1. The molecule has 28 heavy (non-hydrogen) atoms.